The molecule has 0 aliphatic rings. The van der Waals surface area contributed by atoms with Crippen LogP contribution in [0.2, 0.25) is 0 Å². The molecule has 0 fully saturated rings. The number of carbonyl (C=O) groups is 1. The third-order valence-corrected chi connectivity index (χ3v) is 1.88. The number of nitrogens with one attached hydrogen (secondary N) is 1. The first-order chi connectivity index (χ1) is 6.66. The van der Waals surface area contributed by atoms with Crippen LogP contribution in [0, 0.1) is 0 Å². The van der Waals surface area contributed by atoms with Gasteiger partial charge in [-0.2, -0.15) is 0 Å². The quantitative estimate of drug-likeness (QED) is 0.533. The molecule has 14 heavy (non-hydrogen) atoms. The van der Waals surface area contributed by atoms with Crippen LogP contribution in [0.25, 0.3) is 10.9 Å². The molecule has 2 aromatic rings. The Morgan fingerprint density at radius 3 is 3.00 bits per heavy atom. The van der Waals surface area contributed by atoms with E-state index in [4.69, 9.17) is 4.74 Å². The summed E-state index contributed by atoms with van der Waals surface area (Å²) in [5.41, 5.74) is 0.737. The molecule has 0 bridgehead atoms. The van der Waals surface area contributed by atoms with Crippen LogP contribution in [0.3, 0.4) is 0 Å². The fraction of sp³-hybridized carbons (Fsp3) is 0.100. The van der Waals surface area contributed by atoms with Crippen molar-refractivity contribution in [1.82, 2.24) is 4.98 Å². The van der Waals surface area contributed by atoms with Gasteiger partial charge in [-0.25, -0.2) is 0 Å². The monoisotopic (exact) mass is 191 g/mol. The number of fused-ring (bicyclic) bond motifs is 1. The first-order valence-corrected chi connectivity index (χ1v) is 4.15. The van der Waals surface area contributed by atoms with Crippen molar-refractivity contribution in [2.24, 2.45) is 0 Å². The number of benzene rings is 1. The molecule has 2 rings (SSSR count). The van der Waals surface area contributed by atoms with Gasteiger partial charge in [-0.1, -0.05) is 0 Å². The summed E-state index contributed by atoms with van der Waals surface area (Å²) in [6, 6.07) is 4.83. The van der Waals surface area contributed by atoms with E-state index in [0.29, 0.717) is 11.1 Å². The second-order valence-corrected chi connectivity index (χ2v) is 2.97. The Labute approximate surface area is 80.1 Å². The van der Waals surface area contributed by atoms with E-state index in [2.05, 4.69) is 4.98 Å². The van der Waals surface area contributed by atoms with E-state index in [1.165, 1.54) is 13.0 Å². The van der Waals surface area contributed by atoms with Gasteiger partial charge in [-0.3, -0.25) is 4.79 Å². The Balaban J connectivity index is 2.53. The molecular weight excluding hydrogens is 182 g/mol. The Kier molecular flexibility index (Phi) is 1.89. The van der Waals surface area contributed by atoms with Gasteiger partial charge in [0.2, 0.25) is 0 Å². The fourth-order valence-electron chi connectivity index (χ4n) is 1.35. The smallest absolute Gasteiger partial charge is 0.308 e. The molecule has 1 aromatic heterocycles. The van der Waals surface area contributed by atoms with E-state index in [9.17, 15) is 9.90 Å². The van der Waals surface area contributed by atoms with Gasteiger partial charge in [-0.15, -0.1) is 0 Å². The zero-order valence-electron chi connectivity index (χ0n) is 7.57. The van der Waals surface area contributed by atoms with E-state index < -0.39 is 5.97 Å². The highest BCUT2D eigenvalue weighted by Gasteiger charge is 2.05. The van der Waals surface area contributed by atoms with Crippen LogP contribution in [-0.4, -0.2) is 16.1 Å². The first kappa shape index (κ1) is 8.62. The lowest BCUT2D eigenvalue weighted by atomic mass is 10.2. The van der Waals surface area contributed by atoms with Gasteiger partial charge in [0.1, 0.15) is 11.5 Å². The summed E-state index contributed by atoms with van der Waals surface area (Å²) in [7, 11) is 0. The van der Waals surface area contributed by atoms with Crippen LogP contribution in [0.15, 0.2) is 24.4 Å². The average molecular weight is 191 g/mol. The Morgan fingerprint density at radius 2 is 2.29 bits per heavy atom. The van der Waals surface area contributed by atoms with Gasteiger partial charge >= 0.3 is 5.97 Å². The number of H-pyrrole nitrogens is 1. The Morgan fingerprint density at radius 1 is 1.50 bits per heavy atom. The number of rotatable bonds is 1. The highest BCUT2D eigenvalue weighted by Crippen LogP contribution is 2.29. The van der Waals surface area contributed by atoms with Gasteiger partial charge in [-0.05, 0) is 6.07 Å². The molecule has 0 atom stereocenters. The predicted molar refractivity (Wildman–Crippen MR) is 51.3 cm³/mol. The first-order valence-electron chi connectivity index (χ1n) is 4.15. The summed E-state index contributed by atoms with van der Waals surface area (Å²) in [4.78, 5) is 13.6. The SMILES string of the molecule is CC(=O)Oc1cc(O)c2cc[nH]c2c1. The largest absolute Gasteiger partial charge is 0.507 e. The number of carbonyl (C=O) groups excluding carboxylic acids is 1. The highest BCUT2D eigenvalue weighted by atomic mass is 16.5. The summed E-state index contributed by atoms with van der Waals surface area (Å²) >= 11 is 0. The van der Waals surface area contributed by atoms with Crippen molar-refractivity contribution in [2.75, 3.05) is 0 Å². The van der Waals surface area contributed by atoms with Crippen LogP contribution in [0.4, 0.5) is 0 Å². The van der Waals surface area contributed by atoms with E-state index in [-0.39, 0.29) is 5.75 Å². The average Bonchev–Trinajstić information content (AvgIpc) is 2.50. The second kappa shape index (κ2) is 3.06. The predicted octanol–water partition coefficient (Wildman–Crippen LogP) is 1.80. The van der Waals surface area contributed by atoms with Crippen LogP contribution < -0.4 is 4.74 Å². The van der Waals surface area contributed by atoms with Crippen molar-refractivity contribution >= 4 is 16.9 Å². The van der Waals surface area contributed by atoms with Crippen LogP contribution in [-0.2, 0) is 4.79 Å². The van der Waals surface area contributed by atoms with E-state index in [1.54, 1.807) is 18.3 Å². The van der Waals surface area contributed by atoms with Crippen molar-refractivity contribution in [3.63, 3.8) is 0 Å². The molecule has 0 aliphatic carbocycles. The van der Waals surface area contributed by atoms with E-state index in [1.807, 2.05) is 0 Å². The number of phenolic OH excluding ortho intramolecular Hbond substituents is 1. The maximum Gasteiger partial charge on any atom is 0.308 e. The van der Waals surface area contributed by atoms with Gasteiger partial charge in [0.25, 0.3) is 0 Å². The van der Waals surface area contributed by atoms with Gasteiger partial charge in [0, 0.05) is 30.6 Å². The van der Waals surface area contributed by atoms with E-state index >= 15 is 0 Å². The lowest BCUT2D eigenvalue weighted by molar-refractivity contribution is -0.131. The summed E-state index contributed by atoms with van der Waals surface area (Å²) in [6.07, 6.45) is 1.71. The molecule has 0 saturated carbocycles. The van der Waals surface area contributed by atoms with Crippen LogP contribution in [0.5, 0.6) is 11.5 Å². The molecule has 0 amide bonds. The van der Waals surface area contributed by atoms with Gasteiger partial charge < -0.3 is 14.8 Å². The molecule has 0 aliphatic heterocycles. The molecule has 1 aromatic carbocycles. The topological polar surface area (TPSA) is 62.3 Å². The Hall–Kier alpha value is -1.97. The lowest BCUT2D eigenvalue weighted by Gasteiger charge is -2.02. The minimum atomic E-state index is -0.407. The maximum atomic E-state index is 10.7. The van der Waals surface area contributed by atoms with Crippen LogP contribution in [0.1, 0.15) is 6.92 Å². The standard InChI is InChI=1S/C10H9NO3/c1-6(12)14-7-4-9-8(2-3-11-9)10(13)5-7/h2-5,11,13H,1H3. The maximum absolute atomic E-state index is 10.7. The van der Waals surface area contributed by atoms with Crippen molar-refractivity contribution in [2.45, 2.75) is 6.92 Å². The molecule has 72 valence electrons. The highest BCUT2D eigenvalue weighted by molar-refractivity contribution is 5.87. The van der Waals surface area contributed by atoms with E-state index in [0.717, 1.165) is 5.52 Å². The number of hydrogen-bond donors (Lipinski definition) is 2. The summed E-state index contributed by atoms with van der Waals surface area (Å²) in [5, 5.41) is 10.3. The molecule has 1 heterocycles. The van der Waals surface area contributed by atoms with Crippen molar-refractivity contribution in [3.8, 4) is 11.5 Å². The summed E-state index contributed by atoms with van der Waals surface area (Å²) in [5.74, 6) is 0.0280. The minimum Gasteiger partial charge on any atom is -0.507 e. The molecule has 4 nitrogen and oxygen atoms in total. The molecule has 2 N–H and O–H groups in total. The zero-order valence-corrected chi connectivity index (χ0v) is 7.57. The van der Waals surface area contributed by atoms with Crippen LogP contribution >= 0.6 is 0 Å². The van der Waals surface area contributed by atoms with Crippen molar-refractivity contribution in [1.29, 1.82) is 0 Å². The number of aromatic nitrogens is 1. The summed E-state index contributed by atoms with van der Waals surface area (Å²) in [6.45, 7) is 1.32. The summed E-state index contributed by atoms with van der Waals surface area (Å²) < 4.78 is 4.85. The number of phenols is 1. The second-order valence-electron chi connectivity index (χ2n) is 2.97. The fourth-order valence-corrected chi connectivity index (χ4v) is 1.35. The number of ether oxygens (including phenoxy) is 1. The molecule has 4 heteroatoms. The van der Waals surface area contributed by atoms with Crippen molar-refractivity contribution < 1.29 is 14.6 Å². The number of hydrogen-bond acceptors (Lipinski definition) is 3. The zero-order chi connectivity index (χ0) is 10.1. The lowest BCUT2D eigenvalue weighted by Crippen LogP contribution is -2.00. The molecule has 0 saturated heterocycles. The third-order valence-electron chi connectivity index (χ3n) is 1.88. The molecule has 0 radical (unpaired) electrons. The van der Waals surface area contributed by atoms with Gasteiger partial charge in [0.15, 0.2) is 0 Å². The third kappa shape index (κ3) is 1.42. The number of aromatic amines is 1. The number of aromatic hydroxyl groups is 1. The minimum absolute atomic E-state index is 0.0972. The molecule has 0 spiro atoms. The molecule has 0 unspecified atom stereocenters. The molecular formula is C10H9NO3. The number of esters is 1. The van der Waals surface area contributed by atoms with Gasteiger partial charge in [0.05, 0.1) is 5.52 Å². The van der Waals surface area contributed by atoms with Crippen molar-refractivity contribution in [3.05, 3.63) is 24.4 Å². The normalized spacial score (nSPS) is 10.4. The Bertz CT molecular complexity index is 487.